The smallest absolute Gasteiger partial charge is 0.462 e. The van der Waals surface area contributed by atoms with Crippen LogP contribution in [0.5, 0.6) is 0 Å². The number of phosphoric acid groups is 1. The molecule has 0 aliphatic rings. The molecule has 86 heavy (non-hydrogen) atoms. The van der Waals surface area contributed by atoms with Crippen LogP contribution in [0.4, 0.5) is 0 Å². The highest BCUT2D eigenvalue weighted by Gasteiger charge is 2.27. The van der Waals surface area contributed by atoms with Crippen molar-refractivity contribution in [2.24, 2.45) is 0 Å². The van der Waals surface area contributed by atoms with Gasteiger partial charge < -0.3 is 18.9 Å². The van der Waals surface area contributed by atoms with E-state index in [1.807, 2.05) is 21.1 Å². The van der Waals surface area contributed by atoms with Gasteiger partial charge in [-0.15, -0.1) is 0 Å². The van der Waals surface area contributed by atoms with Crippen LogP contribution in [0.2, 0.25) is 0 Å². The summed E-state index contributed by atoms with van der Waals surface area (Å²) in [6.07, 6.45) is 92.3. The molecule has 9 nitrogen and oxygen atoms in total. The Morgan fingerprint density at radius 1 is 0.372 bits per heavy atom. The number of phosphoric ester groups is 1. The number of quaternary nitrogens is 1. The van der Waals surface area contributed by atoms with Gasteiger partial charge in [-0.25, -0.2) is 4.57 Å². The van der Waals surface area contributed by atoms with Crippen LogP contribution in [0.1, 0.15) is 322 Å². The molecule has 0 saturated heterocycles. The molecule has 0 fully saturated rings. The number of rotatable bonds is 66. The van der Waals surface area contributed by atoms with Gasteiger partial charge in [0.2, 0.25) is 0 Å². The quantitative estimate of drug-likeness (QED) is 0.0211. The lowest BCUT2D eigenvalue weighted by atomic mass is 10.0. The number of nitrogens with zero attached hydrogens (tertiary/aromatic N) is 1. The van der Waals surface area contributed by atoms with Crippen LogP contribution in [-0.4, -0.2) is 74.9 Å². The van der Waals surface area contributed by atoms with E-state index in [4.69, 9.17) is 18.5 Å². The average Bonchev–Trinajstić information content (AvgIpc) is 3.56. The zero-order valence-electron chi connectivity index (χ0n) is 56.8. The molecule has 2 atom stereocenters. The largest absolute Gasteiger partial charge is 0.472 e. The Kier molecular flexibility index (Phi) is 64.0. The number of carbonyl (C=O) groups is 2. The van der Waals surface area contributed by atoms with Crippen molar-refractivity contribution in [2.45, 2.75) is 328 Å². The van der Waals surface area contributed by atoms with E-state index < -0.39 is 26.5 Å². The predicted octanol–water partition coefficient (Wildman–Crippen LogP) is 23.5. The topological polar surface area (TPSA) is 108 Å². The van der Waals surface area contributed by atoms with Crippen molar-refractivity contribution in [1.29, 1.82) is 0 Å². The third-order valence-corrected chi connectivity index (χ3v) is 16.6. The van der Waals surface area contributed by atoms with E-state index in [1.165, 1.54) is 212 Å². The van der Waals surface area contributed by atoms with Crippen LogP contribution < -0.4 is 0 Å². The molecule has 0 amide bonds. The molecule has 0 rings (SSSR count). The second kappa shape index (κ2) is 66.4. The molecule has 0 saturated carbocycles. The fourth-order valence-electron chi connectivity index (χ4n) is 10.1. The van der Waals surface area contributed by atoms with Gasteiger partial charge in [0.25, 0.3) is 0 Å². The first-order valence-electron chi connectivity index (χ1n) is 36.0. The molecule has 0 aromatic rings. The Hall–Kier alpha value is -3.07. The number of unbranched alkanes of at least 4 members (excludes halogenated alkanes) is 36. The zero-order chi connectivity index (χ0) is 62.6. The van der Waals surface area contributed by atoms with Gasteiger partial charge in [-0.3, -0.25) is 18.6 Å². The number of hydrogen-bond donors (Lipinski definition) is 1. The van der Waals surface area contributed by atoms with E-state index in [1.54, 1.807) is 0 Å². The Morgan fingerprint density at radius 3 is 0.988 bits per heavy atom. The standard InChI is InChI=1S/C76H136NO8P/c1-6-8-10-12-14-16-18-20-22-24-26-28-30-32-34-35-36-37-38-39-40-41-43-45-47-49-51-53-55-57-59-61-63-65-67-69-76(79)85-74(73-84-86(80,81)83-71-70-77(3,4)5)72-82-75(78)68-66-64-62-60-58-56-54-52-50-48-46-44-42-33-31-29-27-25-23-21-19-17-15-13-11-9-7-2/h8,10,14,16,19-22,25-28,31-34,74H,6-7,9,11-13,15,17-18,23-24,29-30,35-73H2,1-5H3/p+1/b10-8-,16-14-,21-19-,22-20-,27-25-,28-26-,33-31-,34-32-. The van der Waals surface area contributed by atoms with E-state index >= 15 is 0 Å². The minimum atomic E-state index is -4.40. The molecule has 2 unspecified atom stereocenters. The number of hydrogen-bond acceptors (Lipinski definition) is 7. The van der Waals surface area contributed by atoms with Gasteiger partial charge in [-0.05, 0) is 96.3 Å². The molecule has 1 N–H and O–H groups in total. The molecule has 10 heteroatoms. The van der Waals surface area contributed by atoms with Gasteiger partial charge >= 0.3 is 19.8 Å². The number of ether oxygens (including phenoxy) is 2. The van der Waals surface area contributed by atoms with Crippen molar-refractivity contribution in [1.82, 2.24) is 0 Å². The summed E-state index contributed by atoms with van der Waals surface area (Å²) in [7, 11) is 1.48. The van der Waals surface area contributed by atoms with Crippen molar-refractivity contribution >= 4 is 19.8 Å². The summed E-state index contributed by atoms with van der Waals surface area (Å²) in [4.78, 5) is 35.9. The molecule has 0 aromatic carbocycles. The van der Waals surface area contributed by atoms with Gasteiger partial charge in [-0.1, -0.05) is 310 Å². The highest BCUT2D eigenvalue weighted by molar-refractivity contribution is 7.47. The number of esters is 2. The second-order valence-corrected chi connectivity index (χ2v) is 26.7. The summed E-state index contributed by atoms with van der Waals surface area (Å²) >= 11 is 0. The molecule has 0 heterocycles. The maximum atomic E-state index is 12.9. The summed E-state index contributed by atoms with van der Waals surface area (Å²) in [5.74, 6) is -0.789. The molecule has 0 spiro atoms. The monoisotopic (exact) mass is 1220 g/mol. The highest BCUT2D eigenvalue weighted by Crippen LogP contribution is 2.43. The Labute approximate surface area is 532 Å². The minimum Gasteiger partial charge on any atom is -0.462 e. The SMILES string of the molecule is CC/C=C\C/C=C\C/C=C\C/C=C\C/C=C\CCCCCCCCCCCCCCCCCCCCCC(=O)OC(COC(=O)CCCCCCCCCCCCCC/C=C\C/C=C\C/C=C\CCCCCCC)COP(=O)(O)OCC[N+](C)(C)C. The van der Waals surface area contributed by atoms with Crippen LogP contribution in [0.25, 0.3) is 0 Å². The zero-order valence-corrected chi connectivity index (χ0v) is 57.7. The fourth-order valence-corrected chi connectivity index (χ4v) is 10.9. The van der Waals surface area contributed by atoms with Crippen LogP contribution in [0, 0.1) is 0 Å². The summed E-state index contributed by atoms with van der Waals surface area (Å²) in [5, 5.41) is 0. The fraction of sp³-hybridized carbons (Fsp3) is 0.763. The summed E-state index contributed by atoms with van der Waals surface area (Å²) in [5.41, 5.74) is 0. The Bertz CT molecular complexity index is 1770. The number of likely N-dealkylation sites (N-methyl/N-ethyl adjacent to an activating group) is 1. The van der Waals surface area contributed by atoms with Gasteiger partial charge in [0.05, 0.1) is 27.7 Å². The normalized spacial score (nSPS) is 13.7. The first-order valence-corrected chi connectivity index (χ1v) is 37.5. The maximum Gasteiger partial charge on any atom is 0.472 e. The van der Waals surface area contributed by atoms with Crippen LogP contribution in [0.15, 0.2) is 97.2 Å². The lowest BCUT2D eigenvalue weighted by molar-refractivity contribution is -0.870. The third kappa shape index (κ3) is 70.0. The van der Waals surface area contributed by atoms with E-state index in [0.29, 0.717) is 17.4 Å². The maximum absolute atomic E-state index is 12.9. The van der Waals surface area contributed by atoms with E-state index in [9.17, 15) is 19.0 Å². The number of carbonyl (C=O) groups excluding carboxylic acids is 2. The van der Waals surface area contributed by atoms with Crippen molar-refractivity contribution in [2.75, 3.05) is 47.5 Å². The van der Waals surface area contributed by atoms with E-state index in [2.05, 4.69) is 111 Å². The molecule has 0 radical (unpaired) electrons. The van der Waals surface area contributed by atoms with Gasteiger partial charge in [0.1, 0.15) is 19.8 Å². The van der Waals surface area contributed by atoms with Crippen molar-refractivity contribution in [3.05, 3.63) is 97.2 Å². The van der Waals surface area contributed by atoms with Gasteiger partial charge in [0, 0.05) is 12.8 Å². The molecule has 0 aliphatic heterocycles. The van der Waals surface area contributed by atoms with Crippen molar-refractivity contribution in [3.63, 3.8) is 0 Å². The molecule has 0 bridgehead atoms. The lowest BCUT2D eigenvalue weighted by Gasteiger charge is -2.24. The average molecular weight is 1220 g/mol. The van der Waals surface area contributed by atoms with Crippen molar-refractivity contribution < 1.29 is 42.1 Å². The van der Waals surface area contributed by atoms with E-state index in [0.717, 1.165) is 77.0 Å². The second-order valence-electron chi connectivity index (χ2n) is 25.2. The molecular formula is C76H137NO8P+. The third-order valence-electron chi connectivity index (χ3n) is 15.6. The summed E-state index contributed by atoms with van der Waals surface area (Å²) < 4.78 is 34.8. The van der Waals surface area contributed by atoms with Gasteiger partial charge in [0.15, 0.2) is 6.10 Å². The van der Waals surface area contributed by atoms with Crippen LogP contribution in [0.3, 0.4) is 0 Å². The Balaban J connectivity index is 4.02. The summed E-state index contributed by atoms with van der Waals surface area (Å²) in [6, 6.07) is 0. The molecule has 498 valence electrons. The first-order chi connectivity index (χ1) is 42.0. The predicted molar refractivity (Wildman–Crippen MR) is 372 cm³/mol. The first kappa shape index (κ1) is 82.9. The minimum absolute atomic E-state index is 0.0298. The molecule has 0 aliphatic carbocycles. The van der Waals surface area contributed by atoms with Crippen LogP contribution in [-0.2, 0) is 32.7 Å². The Morgan fingerprint density at radius 2 is 0.663 bits per heavy atom. The highest BCUT2D eigenvalue weighted by atomic mass is 31.2. The molecular weight excluding hydrogens is 1090 g/mol. The number of allylic oxidation sites excluding steroid dienone is 16. The van der Waals surface area contributed by atoms with E-state index in [-0.39, 0.29) is 32.0 Å². The summed E-state index contributed by atoms with van der Waals surface area (Å²) in [6.45, 7) is 4.34. The van der Waals surface area contributed by atoms with Crippen molar-refractivity contribution in [3.8, 4) is 0 Å². The lowest BCUT2D eigenvalue weighted by Crippen LogP contribution is -2.37. The van der Waals surface area contributed by atoms with Gasteiger partial charge in [-0.2, -0.15) is 0 Å². The molecule has 0 aromatic heterocycles. The van der Waals surface area contributed by atoms with Crippen LogP contribution >= 0.6 is 7.82 Å².